The summed E-state index contributed by atoms with van der Waals surface area (Å²) in [5.74, 6) is -0.0189. The lowest BCUT2D eigenvalue weighted by molar-refractivity contribution is 0.102. The molecular formula is C20H18FN3O. The van der Waals surface area contributed by atoms with Gasteiger partial charge in [-0.15, -0.1) is 0 Å². The van der Waals surface area contributed by atoms with Gasteiger partial charge in [0.2, 0.25) is 0 Å². The molecule has 0 unspecified atom stereocenters. The Morgan fingerprint density at radius 1 is 1.00 bits per heavy atom. The van der Waals surface area contributed by atoms with Crippen LogP contribution in [0.1, 0.15) is 21.5 Å². The van der Waals surface area contributed by atoms with Crippen molar-refractivity contribution in [1.29, 1.82) is 0 Å². The van der Waals surface area contributed by atoms with Crippen LogP contribution in [0.15, 0.2) is 54.6 Å². The average molecular weight is 335 g/mol. The zero-order chi connectivity index (χ0) is 18.0. The summed E-state index contributed by atoms with van der Waals surface area (Å²) in [7, 11) is 0. The van der Waals surface area contributed by atoms with Crippen LogP contribution in [0.3, 0.4) is 0 Å². The van der Waals surface area contributed by atoms with Crippen LogP contribution in [0, 0.1) is 19.7 Å². The summed E-state index contributed by atoms with van der Waals surface area (Å²) >= 11 is 0. The van der Waals surface area contributed by atoms with E-state index >= 15 is 0 Å². The van der Waals surface area contributed by atoms with Crippen LogP contribution in [-0.4, -0.2) is 10.9 Å². The number of hydrogen-bond donors (Lipinski definition) is 2. The first kappa shape index (κ1) is 16.6. The molecule has 0 atom stereocenters. The first-order valence-corrected chi connectivity index (χ1v) is 7.85. The Hall–Kier alpha value is -3.21. The SMILES string of the molecule is Cc1ccc(C(=O)Nc2ccc(-c3cc(F)ccc3C)c(N)n2)cc1. The average Bonchev–Trinajstić information content (AvgIpc) is 2.58. The van der Waals surface area contributed by atoms with Crippen molar-refractivity contribution in [2.75, 3.05) is 11.1 Å². The van der Waals surface area contributed by atoms with E-state index in [9.17, 15) is 9.18 Å². The molecule has 126 valence electrons. The summed E-state index contributed by atoms with van der Waals surface area (Å²) in [5.41, 5.74) is 9.84. The molecule has 0 aliphatic carbocycles. The molecule has 1 heterocycles. The van der Waals surface area contributed by atoms with E-state index < -0.39 is 0 Å². The molecule has 0 radical (unpaired) electrons. The molecule has 3 aromatic rings. The number of pyridine rings is 1. The molecule has 1 amide bonds. The maximum Gasteiger partial charge on any atom is 0.256 e. The van der Waals surface area contributed by atoms with E-state index in [1.807, 2.05) is 26.0 Å². The third-order valence-electron chi connectivity index (χ3n) is 3.97. The van der Waals surface area contributed by atoms with Gasteiger partial charge in [0.05, 0.1) is 0 Å². The molecule has 0 saturated carbocycles. The van der Waals surface area contributed by atoms with Gasteiger partial charge in [-0.05, 0) is 61.4 Å². The van der Waals surface area contributed by atoms with Crippen LogP contribution in [0.2, 0.25) is 0 Å². The molecule has 0 aliphatic rings. The highest BCUT2D eigenvalue weighted by molar-refractivity contribution is 6.04. The monoisotopic (exact) mass is 335 g/mol. The Kier molecular flexibility index (Phi) is 4.48. The third-order valence-corrected chi connectivity index (χ3v) is 3.97. The van der Waals surface area contributed by atoms with Crippen LogP contribution < -0.4 is 11.1 Å². The van der Waals surface area contributed by atoms with Gasteiger partial charge in [-0.1, -0.05) is 23.8 Å². The summed E-state index contributed by atoms with van der Waals surface area (Å²) in [6, 6.07) is 15.1. The number of aryl methyl sites for hydroxylation is 2. The quantitative estimate of drug-likeness (QED) is 0.748. The maximum atomic E-state index is 13.5. The molecule has 0 aliphatic heterocycles. The van der Waals surface area contributed by atoms with Gasteiger partial charge in [-0.25, -0.2) is 9.37 Å². The summed E-state index contributed by atoms with van der Waals surface area (Å²) in [6.07, 6.45) is 0. The second-order valence-corrected chi connectivity index (χ2v) is 5.91. The summed E-state index contributed by atoms with van der Waals surface area (Å²) in [4.78, 5) is 16.5. The molecule has 25 heavy (non-hydrogen) atoms. The molecule has 1 aromatic heterocycles. The van der Waals surface area contributed by atoms with Gasteiger partial charge in [0.1, 0.15) is 17.5 Å². The number of aromatic nitrogens is 1. The molecule has 5 heteroatoms. The highest BCUT2D eigenvalue weighted by atomic mass is 19.1. The molecule has 3 N–H and O–H groups in total. The van der Waals surface area contributed by atoms with Crippen LogP contribution in [0.25, 0.3) is 11.1 Å². The lowest BCUT2D eigenvalue weighted by Crippen LogP contribution is -2.13. The lowest BCUT2D eigenvalue weighted by atomic mass is 10.0. The molecule has 2 aromatic carbocycles. The Morgan fingerprint density at radius 2 is 1.72 bits per heavy atom. The Bertz CT molecular complexity index is 936. The number of hydrogen-bond acceptors (Lipinski definition) is 3. The Morgan fingerprint density at radius 3 is 2.40 bits per heavy atom. The fourth-order valence-electron chi connectivity index (χ4n) is 2.55. The first-order valence-electron chi connectivity index (χ1n) is 7.85. The van der Waals surface area contributed by atoms with Crippen molar-refractivity contribution in [2.24, 2.45) is 0 Å². The van der Waals surface area contributed by atoms with Gasteiger partial charge >= 0.3 is 0 Å². The minimum Gasteiger partial charge on any atom is -0.383 e. The number of amides is 1. The molecule has 4 nitrogen and oxygen atoms in total. The fraction of sp³-hybridized carbons (Fsp3) is 0.100. The van der Waals surface area contributed by atoms with E-state index in [-0.39, 0.29) is 17.5 Å². The highest BCUT2D eigenvalue weighted by Gasteiger charge is 2.11. The normalized spacial score (nSPS) is 10.5. The summed E-state index contributed by atoms with van der Waals surface area (Å²) < 4.78 is 13.5. The van der Waals surface area contributed by atoms with Gasteiger partial charge < -0.3 is 11.1 Å². The van der Waals surface area contributed by atoms with E-state index in [4.69, 9.17) is 5.73 Å². The Balaban J connectivity index is 1.86. The standard InChI is InChI=1S/C20H18FN3O/c1-12-3-6-14(7-4-12)20(25)24-18-10-9-16(19(22)23-18)17-11-15(21)8-5-13(17)2/h3-11H,1-2H3,(H3,22,23,24,25). The van der Waals surface area contributed by atoms with E-state index in [0.717, 1.165) is 11.1 Å². The van der Waals surface area contributed by atoms with E-state index in [1.165, 1.54) is 12.1 Å². The second kappa shape index (κ2) is 6.73. The molecule has 3 rings (SSSR count). The van der Waals surface area contributed by atoms with Crippen molar-refractivity contribution in [3.63, 3.8) is 0 Å². The van der Waals surface area contributed by atoms with Crippen molar-refractivity contribution in [2.45, 2.75) is 13.8 Å². The number of nitrogens with one attached hydrogen (secondary N) is 1. The van der Waals surface area contributed by atoms with Crippen LogP contribution in [0.5, 0.6) is 0 Å². The number of anilines is 2. The largest absolute Gasteiger partial charge is 0.383 e. The zero-order valence-electron chi connectivity index (χ0n) is 14.0. The van der Waals surface area contributed by atoms with Crippen molar-refractivity contribution in [3.8, 4) is 11.1 Å². The smallest absolute Gasteiger partial charge is 0.256 e. The Labute approximate surface area is 145 Å². The molecule has 0 spiro atoms. The van der Waals surface area contributed by atoms with Crippen molar-refractivity contribution in [3.05, 3.63) is 77.1 Å². The predicted octanol–water partition coefficient (Wildman–Crippen LogP) is 4.34. The minimum atomic E-state index is -0.336. The van der Waals surface area contributed by atoms with Crippen molar-refractivity contribution in [1.82, 2.24) is 4.98 Å². The number of rotatable bonds is 3. The molecule has 0 saturated heterocycles. The van der Waals surface area contributed by atoms with Crippen LogP contribution in [-0.2, 0) is 0 Å². The van der Waals surface area contributed by atoms with Gasteiger partial charge in [-0.2, -0.15) is 0 Å². The van der Waals surface area contributed by atoms with Crippen LogP contribution in [0.4, 0.5) is 16.0 Å². The summed E-state index contributed by atoms with van der Waals surface area (Å²) in [6.45, 7) is 3.83. The number of carbonyl (C=O) groups is 1. The fourth-order valence-corrected chi connectivity index (χ4v) is 2.55. The van der Waals surface area contributed by atoms with Gasteiger partial charge in [0, 0.05) is 11.1 Å². The second-order valence-electron chi connectivity index (χ2n) is 5.91. The number of benzene rings is 2. The van der Waals surface area contributed by atoms with Crippen LogP contribution >= 0.6 is 0 Å². The summed E-state index contributed by atoms with van der Waals surface area (Å²) in [5, 5.41) is 2.72. The van der Waals surface area contributed by atoms with E-state index in [1.54, 1.807) is 30.3 Å². The number of nitrogens with two attached hydrogens (primary N) is 1. The van der Waals surface area contributed by atoms with E-state index in [0.29, 0.717) is 22.5 Å². The molecule has 0 fully saturated rings. The lowest BCUT2D eigenvalue weighted by Gasteiger charge is -2.11. The first-order chi connectivity index (χ1) is 11.9. The predicted molar refractivity (Wildman–Crippen MR) is 97.9 cm³/mol. The zero-order valence-corrected chi connectivity index (χ0v) is 14.0. The van der Waals surface area contributed by atoms with Crippen molar-refractivity contribution >= 4 is 17.5 Å². The highest BCUT2D eigenvalue weighted by Crippen LogP contribution is 2.29. The maximum absolute atomic E-state index is 13.5. The topological polar surface area (TPSA) is 68.0 Å². The van der Waals surface area contributed by atoms with Crippen molar-refractivity contribution < 1.29 is 9.18 Å². The number of nitrogens with zero attached hydrogens (tertiary/aromatic N) is 1. The number of nitrogen functional groups attached to an aromatic ring is 1. The minimum absolute atomic E-state index is 0.232. The number of carbonyl (C=O) groups excluding carboxylic acids is 1. The van der Waals surface area contributed by atoms with Gasteiger partial charge in [0.25, 0.3) is 5.91 Å². The molecular weight excluding hydrogens is 317 g/mol. The number of halogens is 1. The van der Waals surface area contributed by atoms with Gasteiger partial charge in [0.15, 0.2) is 0 Å². The van der Waals surface area contributed by atoms with E-state index in [2.05, 4.69) is 10.3 Å². The third kappa shape index (κ3) is 3.66. The van der Waals surface area contributed by atoms with Gasteiger partial charge in [-0.3, -0.25) is 4.79 Å². The molecule has 0 bridgehead atoms.